The summed E-state index contributed by atoms with van der Waals surface area (Å²) < 4.78 is 63.9. The molecule has 0 fully saturated rings. The molecule has 0 aliphatic heterocycles. The van der Waals surface area contributed by atoms with Crippen molar-refractivity contribution in [3.63, 3.8) is 0 Å². The predicted molar refractivity (Wildman–Crippen MR) is 71.8 cm³/mol. The van der Waals surface area contributed by atoms with Crippen molar-refractivity contribution >= 4 is 17.4 Å². The van der Waals surface area contributed by atoms with E-state index in [2.05, 4.69) is 0 Å². The second kappa shape index (κ2) is 5.93. The maximum atomic E-state index is 13.4. The molecule has 0 unspecified atom stereocenters. The van der Waals surface area contributed by atoms with Gasteiger partial charge in [-0.15, -0.1) is 11.8 Å². The van der Waals surface area contributed by atoms with E-state index in [0.29, 0.717) is 4.90 Å². The number of alkyl halides is 3. The third kappa shape index (κ3) is 3.87. The van der Waals surface area contributed by atoms with Gasteiger partial charge in [0.25, 0.3) is 0 Å². The molecule has 0 amide bonds. The Kier molecular flexibility index (Phi) is 4.41. The van der Waals surface area contributed by atoms with Crippen molar-refractivity contribution in [1.82, 2.24) is 0 Å². The van der Waals surface area contributed by atoms with Crippen LogP contribution in [0.15, 0.2) is 41.3 Å². The molecule has 0 atom stereocenters. The topological polar surface area (TPSA) is 26.0 Å². The van der Waals surface area contributed by atoms with Crippen molar-refractivity contribution in [1.29, 1.82) is 0 Å². The van der Waals surface area contributed by atoms with Crippen LogP contribution in [0, 0.1) is 11.6 Å². The Morgan fingerprint density at radius 2 is 1.71 bits per heavy atom. The van der Waals surface area contributed by atoms with Gasteiger partial charge in [0.1, 0.15) is 11.6 Å². The largest absolute Gasteiger partial charge is 0.416 e. The van der Waals surface area contributed by atoms with E-state index in [4.69, 9.17) is 5.73 Å². The standard InChI is InChI=1S/C14H10F5NS/c15-10-2-3-11(16)8(5-10)7-21-13-4-1-9(6-12(13)20)14(17,18)19/h1-6H,7,20H2. The van der Waals surface area contributed by atoms with Crippen LogP contribution in [-0.2, 0) is 11.9 Å². The smallest absolute Gasteiger partial charge is 0.398 e. The van der Waals surface area contributed by atoms with Crippen LogP contribution in [0.1, 0.15) is 11.1 Å². The van der Waals surface area contributed by atoms with Crippen LogP contribution in [0.3, 0.4) is 0 Å². The lowest BCUT2D eigenvalue weighted by molar-refractivity contribution is -0.137. The molecule has 0 bridgehead atoms. The van der Waals surface area contributed by atoms with Gasteiger partial charge in [0, 0.05) is 21.9 Å². The van der Waals surface area contributed by atoms with E-state index in [1.165, 1.54) is 6.07 Å². The Bertz CT molecular complexity index is 654. The van der Waals surface area contributed by atoms with Crippen LogP contribution in [0.2, 0.25) is 0 Å². The van der Waals surface area contributed by atoms with Crippen molar-refractivity contribution in [3.05, 3.63) is 59.2 Å². The molecule has 2 rings (SSSR count). The minimum atomic E-state index is -4.47. The predicted octanol–water partition coefficient (Wildman–Crippen LogP) is 4.86. The lowest BCUT2D eigenvalue weighted by Gasteiger charge is -2.11. The maximum Gasteiger partial charge on any atom is 0.416 e. The average molecular weight is 319 g/mol. The highest BCUT2D eigenvalue weighted by Crippen LogP contribution is 2.35. The van der Waals surface area contributed by atoms with Gasteiger partial charge < -0.3 is 5.73 Å². The van der Waals surface area contributed by atoms with Gasteiger partial charge in [0.15, 0.2) is 0 Å². The molecule has 21 heavy (non-hydrogen) atoms. The monoisotopic (exact) mass is 319 g/mol. The molecule has 0 aliphatic carbocycles. The molecule has 0 radical (unpaired) electrons. The van der Waals surface area contributed by atoms with Crippen LogP contribution in [0.25, 0.3) is 0 Å². The zero-order valence-corrected chi connectivity index (χ0v) is 11.4. The van der Waals surface area contributed by atoms with Gasteiger partial charge in [-0.05, 0) is 36.4 Å². The maximum absolute atomic E-state index is 13.4. The molecule has 112 valence electrons. The van der Waals surface area contributed by atoms with Gasteiger partial charge >= 0.3 is 6.18 Å². The third-order valence-electron chi connectivity index (χ3n) is 2.73. The molecule has 2 aromatic carbocycles. The van der Waals surface area contributed by atoms with Gasteiger partial charge in [-0.25, -0.2) is 8.78 Å². The fourth-order valence-electron chi connectivity index (χ4n) is 1.67. The SMILES string of the molecule is Nc1cc(C(F)(F)F)ccc1SCc1cc(F)ccc1F. The fourth-order valence-corrected chi connectivity index (χ4v) is 2.59. The van der Waals surface area contributed by atoms with Crippen molar-refractivity contribution in [3.8, 4) is 0 Å². The number of benzene rings is 2. The number of nitrogens with two attached hydrogens (primary N) is 1. The van der Waals surface area contributed by atoms with E-state index in [9.17, 15) is 22.0 Å². The average Bonchev–Trinajstić information content (AvgIpc) is 2.40. The highest BCUT2D eigenvalue weighted by Gasteiger charge is 2.30. The molecule has 1 nitrogen and oxygen atoms in total. The molecule has 2 aromatic rings. The highest BCUT2D eigenvalue weighted by atomic mass is 32.2. The molecule has 0 aliphatic rings. The Hall–Kier alpha value is -1.76. The summed E-state index contributed by atoms with van der Waals surface area (Å²) in [6.07, 6.45) is -4.47. The Balaban J connectivity index is 2.15. The van der Waals surface area contributed by atoms with Gasteiger partial charge in [-0.1, -0.05) is 0 Å². The first-order valence-corrected chi connectivity index (χ1v) is 6.79. The van der Waals surface area contributed by atoms with Crippen molar-refractivity contribution in [2.24, 2.45) is 0 Å². The molecule has 0 saturated carbocycles. The van der Waals surface area contributed by atoms with Gasteiger partial charge in [0.2, 0.25) is 0 Å². The number of halogens is 5. The van der Waals surface area contributed by atoms with Crippen molar-refractivity contribution < 1.29 is 22.0 Å². The Morgan fingerprint density at radius 3 is 2.33 bits per heavy atom. The number of hydrogen-bond acceptors (Lipinski definition) is 2. The normalized spacial score (nSPS) is 11.7. The molecule has 7 heteroatoms. The molecular formula is C14H10F5NS. The first-order chi connectivity index (χ1) is 9.77. The summed E-state index contributed by atoms with van der Waals surface area (Å²) in [6, 6.07) is 5.99. The van der Waals surface area contributed by atoms with E-state index in [1.807, 2.05) is 0 Å². The second-order valence-corrected chi connectivity index (χ2v) is 5.29. The molecule has 0 heterocycles. The summed E-state index contributed by atoms with van der Waals surface area (Å²) >= 11 is 1.04. The van der Waals surface area contributed by atoms with Crippen molar-refractivity contribution in [2.75, 3.05) is 5.73 Å². The second-order valence-electron chi connectivity index (χ2n) is 4.27. The number of nitrogen functional groups attached to an aromatic ring is 1. The van der Waals surface area contributed by atoms with E-state index < -0.39 is 23.4 Å². The van der Waals surface area contributed by atoms with Gasteiger partial charge in [-0.3, -0.25) is 0 Å². The molecular weight excluding hydrogens is 309 g/mol. The van der Waals surface area contributed by atoms with Crippen LogP contribution in [0.4, 0.5) is 27.6 Å². The lowest BCUT2D eigenvalue weighted by Crippen LogP contribution is -2.05. The number of thioether (sulfide) groups is 1. The van der Waals surface area contributed by atoms with Crippen LogP contribution < -0.4 is 5.73 Å². The zero-order valence-electron chi connectivity index (χ0n) is 10.5. The minimum absolute atomic E-state index is 0.0494. The van der Waals surface area contributed by atoms with Crippen LogP contribution in [-0.4, -0.2) is 0 Å². The van der Waals surface area contributed by atoms with Crippen LogP contribution >= 0.6 is 11.8 Å². The summed E-state index contributed by atoms with van der Waals surface area (Å²) in [4.78, 5) is 0.381. The van der Waals surface area contributed by atoms with E-state index in [-0.39, 0.29) is 17.0 Å². The number of hydrogen-bond donors (Lipinski definition) is 1. The molecule has 2 N–H and O–H groups in total. The van der Waals surface area contributed by atoms with E-state index >= 15 is 0 Å². The lowest BCUT2D eigenvalue weighted by atomic mass is 10.2. The fraction of sp³-hybridized carbons (Fsp3) is 0.143. The number of rotatable bonds is 3. The summed E-state index contributed by atoms with van der Waals surface area (Å²) in [7, 11) is 0. The molecule has 0 aromatic heterocycles. The molecule has 0 saturated heterocycles. The molecule has 0 spiro atoms. The van der Waals surface area contributed by atoms with Crippen molar-refractivity contribution in [2.45, 2.75) is 16.8 Å². The van der Waals surface area contributed by atoms with Crippen LogP contribution in [0.5, 0.6) is 0 Å². The summed E-state index contributed by atoms with van der Waals surface area (Å²) in [5.41, 5.74) is 4.79. The zero-order chi connectivity index (χ0) is 15.6. The quantitative estimate of drug-likeness (QED) is 0.497. The van der Waals surface area contributed by atoms with Gasteiger partial charge in [-0.2, -0.15) is 13.2 Å². The Morgan fingerprint density at radius 1 is 1.00 bits per heavy atom. The summed E-state index contributed by atoms with van der Waals surface area (Å²) in [6.45, 7) is 0. The van der Waals surface area contributed by atoms with E-state index in [0.717, 1.165) is 42.1 Å². The summed E-state index contributed by atoms with van der Waals surface area (Å²) in [5, 5.41) is 0. The highest BCUT2D eigenvalue weighted by molar-refractivity contribution is 7.98. The minimum Gasteiger partial charge on any atom is -0.398 e. The summed E-state index contributed by atoms with van der Waals surface area (Å²) in [5.74, 6) is -1.08. The number of anilines is 1. The van der Waals surface area contributed by atoms with E-state index in [1.54, 1.807) is 0 Å². The first kappa shape index (κ1) is 15.6. The Labute approximate surface area is 122 Å². The third-order valence-corrected chi connectivity index (χ3v) is 3.87. The van der Waals surface area contributed by atoms with Gasteiger partial charge in [0.05, 0.1) is 5.56 Å². The first-order valence-electron chi connectivity index (χ1n) is 5.81.